The van der Waals surface area contributed by atoms with E-state index < -0.39 is 44.8 Å². The summed E-state index contributed by atoms with van der Waals surface area (Å²) >= 11 is 0. The second-order valence-corrected chi connectivity index (χ2v) is 15.5. The van der Waals surface area contributed by atoms with Crippen LogP contribution in [0.5, 0.6) is 0 Å². The van der Waals surface area contributed by atoms with Gasteiger partial charge in [-0.3, -0.25) is 9.32 Å². The summed E-state index contributed by atoms with van der Waals surface area (Å²) < 4.78 is 26.7. The molecular formula is C39H73O10P. The molecule has 11 heteroatoms. The molecular weight excluding hydrogens is 659 g/mol. The number of aliphatic hydroxyl groups excluding tert-OH is 3. The van der Waals surface area contributed by atoms with E-state index in [1.165, 1.54) is 70.5 Å². The van der Waals surface area contributed by atoms with Crippen LogP contribution in [0.4, 0.5) is 0 Å². The number of aliphatic hydroxyl groups is 3. The minimum atomic E-state index is -4.69. The van der Waals surface area contributed by atoms with Gasteiger partial charge in [0.15, 0.2) is 6.10 Å². The van der Waals surface area contributed by atoms with Crippen molar-refractivity contribution in [1.82, 2.24) is 0 Å². The summed E-state index contributed by atoms with van der Waals surface area (Å²) in [5.41, 5.74) is 0. The molecule has 0 spiro atoms. The van der Waals surface area contributed by atoms with Gasteiger partial charge < -0.3 is 34.6 Å². The lowest BCUT2D eigenvalue weighted by molar-refractivity contribution is -0.147. The number of carbonyl (C=O) groups is 1. The Hall–Kier alpha value is -1.26. The van der Waals surface area contributed by atoms with Gasteiger partial charge in [0, 0.05) is 18.8 Å². The van der Waals surface area contributed by atoms with Gasteiger partial charge in [-0.1, -0.05) is 135 Å². The summed E-state index contributed by atoms with van der Waals surface area (Å²) in [5.74, 6) is -0.637. The zero-order valence-electron chi connectivity index (χ0n) is 31.4. The van der Waals surface area contributed by atoms with Gasteiger partial charge in [0.2, 0.25) is 0 Å². The fourth-order valence-corrected chi connectivity index (χ4v) is 7.00. The molecule has 1 fully saturated rings. The summed E-state index contributed by atoms with van der Waals surface area (Å²) in [6, 6.07) is 0. The van der Waals surface area contributed by atoms with Crippen molar-refractivity contribution in [1.29, 1.82) is 0 Å². The Labute approximate surface area is 303 Å². The second kappa shape index (κ2) is 30.2. The molecule has 0 saturated heterocycles. The van der Waals surface area contributed by atoms with Gasteiger partial charge >= 0.3 is 13.8 Å². The normalized spacial score (nSPS) is 20.9. The molecule has 6 atom stereocenters. The van der Waals surface area contributed by atoms with Gasteiger partial charge in [0.25, 0.3) is 0 Å². The molecule has 0 heterocycles. The number of phosphoric ester groups is 1. The van der Waals surface area contributed by atoms with Crippen molar-refractivity contribution in [2.75, 3.05) is 13.2 Å². The molecule has 0 aromatic heterocycles. The van der Waals surface area contributed by atoms with Crippen LogP contribution in [0.15, 0.2) is 24.5 Å². The highest BCUT2D eigenvalue weighted by atomic mass is 31.2. The quantitative estimate of drug-likeness (QED) is 0.0145. The Bertz CT molecular complexity index is 923. The highest BCUT2D eigenvalue weighted by Gasteiger charge is 2.39. The lowest BCUT2D eigenvalue weighted by atomic mass is 9.88. The van der Waals surface area contributed by atoms with Gasteiger partial charge in [-0.15, -0.1) is 0 Å². The first kappa shape index (κ1) is 46.8. The molecule has 1 aliphatic rings. The second-order valence-electron chi connectivity index (χ2n) is 14.3. The molecule has 10 nitrogen and oxygen atoms in total. The van der Waals surface area contributed by atoms with Crippen molar-refractivity contribution >= 4 is 13.8 Å². The fraction of sp³-hybridized carbons (Fsp3) is 0.872. The maximum Gasteiger partial charge on any atom is 0.469 e. The van der Waals surface area contributed by atoms with Crippen LogP contribution < -0.4 is 0 Å². The highest BCUT2D eigenvalue weighted by Crippen LogP contribution is 2.37. The van der Waals surface area contributed by atoms with Crippen molar-refractivity contribution in [2.45, 2.75) is 192 Å². The average Bonchev–Trinajstić information content (AvgIpc) is 3.34. The number of ether oxygens (including phenoxy) is 2. The molecule has 0 radical (unpaired) electrons. The van der Waals surface area contributed by atoms with E-state index in [0.717, 1.165) is 64.2 Å². The van der Waals surface area contributed by atoms with E-state index in [0.29, 0.717) is 19.3 Å². The molecule has 0 amide bonds. The van der Waals surface area contributed by atoms with Gasteiger partial charge in [-0.2, -0.15) is 0 Å². The Morgan fingerprint density at radius 2 is 1.36 bits per heavy atom. The number of carbonyl (C=O) groups excluding carboxylic acids is 1. The summed E-state index contributed by atoms with van der Waals surface area (Å²) in [5, 5.41) is 31.2. The van der Waals surface area contributed by atoms with Crippen molar-refractivity contribution in [2.24, 2.45) is 11.8 Å². The summed E-state index contributed by atoms with van der Waals surface area (Å²) in [6.07, 6.45) is 29.0. The first-order valence-corrected chi connectivity index (χ1v) is 21.5. The van der Waals surface area contributed by atoms with Gasteiger partial charge in [0.1, 0.15) is 6.61 Å². The molecule has 0 bridgehead atoms. The number of rotatable bonds is 33. The lowest BCUT2D eigenvalue weighted by Gasteiger charge is -2.21. The van der Waals surface area contributed by atoms with Crippen molar-refractivity contribution < 1.29 is 48.5 Å². The van der Waals surface area contributed by atoms with Crippen LogP contribution in [0.2, 0.25) is 0 Å². The van der Waals surface area contributed by atoms with E-state index in [2.05, 4.69) is 18.4 Å². The van der Waals surface area contributed by atoms with E-state index in [1.807, 2.05) is 12.2 Å². The van der Waals surface area contributed by atoms with Crippen molar-refractivity contribution in [3.8, 4) is 0 Å². The predicted octanol–water partition coefficient (Wildman–Crippen LogP) is 8.82. The monoisotopic (exact) mass is 732 g/mol. The zero-order valence-corrected chi connectivity index (χ0v) is 32.3. The van der Waals surface area contributed by atoms with Crippen LogP contribution in [0.25, 0.3) is 0 Å². The smallest absolute Gasteiger partial charge is 0.469 e. The Morgan fingerprint density at radius 1 is 0.780 bits per heavy atom. The van der Waals surface area contributed by atoms with Crippen LogP contribution in [0, 0.1) is 11.8 Å². The van der Waals surface area contributed by atoms with E-state index in [9.17, 15) is 24.7 Å². The molecule has 1 saturated carbocycles. The minimum absolute atomic E-state index is 0.0556. The van der Waals surface area contributed by atoms with E-state index in [1.54, 1.807) is 6.08 Å². The van der Waals surface area contributed by atoms with Crippen LogP contribution in [-0.2, 0) is 23.4 Å². The molecule has 5 N–H and O–H groups in total. The standard InChI is InChI=1S/C39H73O10P/c1-3-5-7-8-9-10-11-12-13-14-15-16-19-23-29-47-34(32-49-50(44,45)46)31-48-39(43)26-22-18-17-21-25-35-36(38(42)30-37(35)41)28-27-33(40)24-20-6-4-2/h23,27-29,33-38,40-42H,3-22,24-26,30-32H2,1-2H3,(H2,44,45,46)/b28-27+,29-23+/t33-,34+,35+,36+,37-,38+/m0/s1. The summed E-state index contributed by atoms with van der Waals surface area (Å²) in [6.45, 7) is 3.79. The summed E-state index contributed by atoms with van der Waals surface area (Å²) in [4.78, 5) is 30.6. The third-order valence-corrected chi connectivity index (χ3v) is 10.2. The van der Waals surface area contributed by atoms with Crippen molar-refractivity contribution in [3.63, 3.8) is 0 Å². The molecule has 0 unspecified atom stereocenters. The molecule has 1 aliphatic carbocycles. The molecule has 0 aliphatic heterocycles. The molecule has 1 rings (SSSR count). The summed E-state index contributed by atoms with van der Waals surface area (Å²) in [7, 11) is -4.69. The zero-order chi connectivity index (χ0) is 36.9. The molecule has 0 aromatic carbocycles. The van der Waals surface area contributed by atoms with Crippen LogP contribution in [0.3, 0.4) is 0 Å². The topological polar surface area (TPSA) is 163 Å². The number of allylic oxidation sites excluding steroid dienone is 1. The van der Waals surface area contributed by atoms with Crippen molar-refractivity contribution in [3.05, 3.63) is 24.5 Å². The largest absolute Gasteiger partial charge is 0.492 e. The third kappa shape index (κ3) is 25.7. The highest BCUT2D eigenvalue weighted by molar-refractivity contribution is 7.46. The first-order chi connectivity index (χ1) is 24.1. The first-order valence-electron chi connectivity index (χ1n) is 20.0. The van der Waals surface area contributed by atoms with E-state index in [-0.39, 0.29) is 24.9 Å². The maximum absolute atomic E-state index is 12.4. The number of hydrogen-bond acceptors (Lipinski definition) is 8. The van der Waals surface area contributed by atoms with Gasteiger partial charge in [0.05, 0.1) is 31.2 Å². The Kier molecular flexibility index (Phi) is 28.3. The Balaban J connectivity index is 2.25. The molecule has 294 valence electrons. The number of unbranched alkanes of at least 4 members (excludes halogenated alkanes) is 17. The third-order valence-electron chi connectivity index (χ3n) is 9.69. The average molecular weight is 733 g/mol. The SMILES string of the molecule is CCCCCCCCCCCCCC/C=C/O[C@H](COC(=O)CCCCCC[C@@H]1[C@@H](/C=C/[C@@H](O)CCCCC)[C@H](O)C[C@@H]1O)COP(=O)(O)O. The van der Waals surface area contributed by atoms with E-state index >= 15 is 0 Å². The molecule has 0 aromatic rings. The minimum Gasteiger partial charge on any atom is -0.492 e. The molecule has 50 heavy (non-hydrogen) atoms. The maximum atomic E-state index is 12.4. The number of hydrogen-bond donors (Lipinski definition) is 5. The predicted molar refractivity (Wildman–Crippen MR) is 199 cm³/mol. The van der Waals surface area contributed by atoms with Crippen LogP contribution >= 0.6 is 7.82 Å². The van der Waals surface area contributed by atoms with Gasteiger partial charge in [-0.05, 0) is 44.1 Å². The number of esters is 1. The lowest BCUT2D eigenvalue weighted by Crippen LogP contribution is -2.25. The fourth-order valence-electron chi connectivity index (χ4n) is 6.64. The Morgan fingerprint density at radius 3 is 2.00 bits per heavy atom. The van der Waals surface area contributed by atoms with E-state index in [4.69, 9.17) is 19.3 Å². The number of phosphoric acid groups is 1. The van der Waals surface area contributed by atoms with Crippen LogP contribution in [0.1, 0.15) is 168 Å². The van der Waals surface area contributed by atoms with Gasteiger partial charge in [-0.25, -0.2) is 4.57 Å². The van der Waals surface area contributed by atoms with Crippen LogP contribution in [-0.4, -0.2) is 68.7 Å².